The molecule has 0 spiro atoms. The van der Waals surface area contributed by atoms with Gasteiger partial charge in [-0.25, -0.2) is 4.57 Å². The average molecular weight is 163 g/mol. The third-order valence-corrected chi connectivity index (χ3v) is 2.26. The van der Waals surface area contributed by atoms with Crippen molar-refractivity contribution in [1.29, 1.82) is 0 Å². The highest BCUT2D eigenvalue weighted by Crippen LogP contribution is 2.18. The Morgan fingerprint density at radius 2 is 2.25 bits per heavy atom. The topological polar surface area (TPSA) is 44.0 Å². The van der Waals surface area contributed by atoms with Crippen LogP contribution in [0.25, 0.3) is 0 Å². The summed E-state index contributed by atoms with van der Waals surface area (Å²) < 4.78 is 1.49. The Bertz CT molecular complexity index is 335. The second-order valence-corrected chi connectivity index (χ2v) is 3.04. The van der Waals surface area contributed by atoms with Gasteiger partial charge in [0, 0.05) is 12.1 Å². The fraction of sp³-hybridized carbons (Fsp3) is 0.333. The van der Waals surface area contributed by atoms with Crippen LogP contribution in [-0.4, -0.2) is 5.78 Å². The van der Waals surface area contributed by atoms with Gasteiger partial charge in [0.1, 0.15) is 6.23 Å². The lowest BCUT2D eigenvalue weighted by Gasteiger charge is -2.12. The van der Waals surface area contributed by atoms with E-state index in [0.29, 0.717) is 5.69 Å². The number of Topliss-reactive ketones (excluding diaryl/α,β-unsaturated/α-hetero) is 1. The Balaban J connectivity index is 2.59. The van der Waals surface area contributed by atoms with E-state index >= 15 is 0 Å². The summed E-state index contributed by atoms with van der Waals surface area (Å²) in [5.41, 5.74) is 0.532. The molecule has 0 saturated heterocycles. The number of ketones is 1. The zero-order valence-electron chi connectivity index (χ0n) is 6.73. The van der Waals surface area contributed by atoms with Crippen molar-refractivity contribution >= 4 is 5.78 Å². The van der Waals surface area contributed by atoms with Gasteiger partial charge in [0.05, 0.1) is 5.92 Å². The number of aromatic nitrogens is 1. The van der Waals surface area contributed by atoms with E-state index in [9.17, 15) is 9.90 Å². The number of fused-ring (bicyclic) bond motifs is 1. The van der Waals surface area contributed by atoms with Gasteiger partial charge in [-0.1, -0.05) is 0 Å². The molecule has 0 amide bonds. The maximum atomic E-state index is 11.4. The molecule has 0 aromatic carbocycles. The molecule has 12 heavy (non-hydrogen) atoms. The number of hydrogen-bond donors (Lipinski definition) is 0. The maximum absolute atomic E-state index is 11.4. The molecule has 2 atom stereocenters. The van der Waals surface area contributed by atoms with Crippen molar-refractivity contribution in [3.63, 3.8) is 0 Å². The van der Waals surface area contributed by atoms with Crippen LogP contribution in [-0.2, 0) is 0 Å². The third kappa shape index (κ3) is 0.800. The first-order valence-electron chi connectivity index (χ1n) is 3.92. The lowest BCUT2D eigenvalue weighted by Crippen LogP contribution is -2.46. The molecular weight excluding hydrogens is 154 g/mol. The predicted molar refractivity (Wildman–Crippen MR) is 39.2 cm³/mol. The van der Waals surface area contributed by atoms with Crippen LogP contribution in [0.2, 0.25) is 0 Å². The summed E-state index contributed by atoms with van der Waals surface area (Å²) >= 11 is 0. The number of nitrogens with zero attached hydrogens (tertiary/aromatic N) is 1. The molecule has 3 heteroatoms. The highest BCUT2D eigenvalue weighted by Gasteiger charge is 2.37. The predicted octanol–water partition coefficient (Wildman–Crippen LogP) is -0.335. The highest BCUT2D eigenvalue weighted by molar-refractivity contribution is 5.95. The van der Waals surface area contributed by atoms with Gasteiger partial charge in [0.15, 0.2) is 6.20 Å². The Morgan fingerprint density at radius 3 is 2.92 bits per heavy atom. The van der Waals surface area contributed by atoms with E-state index in [1.165, 1.54) is 4.57 Å². The summed E-state index contributed by atoms with van der Waals surface area (Å²) in [7, 11) is 0. The summed E-state index contributed by atoms with van der Waals surface area (Å²) in [5.74, 6) is -0.469. The smallest absolute Gasteiger partial charge is 0.248 e. The van der Waals surface area contributed by atoms with Crippen molar-refractivity contribution in [1.82, 2.24) is 0 Å². The summed E-state index contributed by atoms with van der Waals surface area (Å²) in [6, 6.07) is 5.23. The van der Waals surface area contributed by atoms with Gasteiger partial charge in [-0.2, -0.15) is 0 Å². The van der Waals surface area contributed by atoms with Crippen LogP contribution in [0.4, 0.5) is 0 Å². The van der Waals surface area contributed by atoms with Crippen LogP contribution >= 0.6 is 0 Å². The van der Waals surface area contributed by atoms with Gasteiger partial charge < -0.3 is 5.11 Å². The molecule has 1 aromatic rings. The van der Waals surface area contributed by atoms with Gasteiger partial charge >= 0.3 is 0 Å². The molecule has 1 aliphatic heterocycles. The number of pyridine rings is 1. The van der Waals surface area contributed by atoms with Gasteiger partial charge in [-0.15, -0.1) is 0 Å². The quantitative estimate of drug-likeness (QED) is 0.491. The second kappa shape index (κ2) is 2.38. The number of carbonyl (C=O) groups is 1. The lowest BCUT2D eigenvalue weighted by atomic mass is 10.1. The Hall–Kier alpha value is -1.22. The van der Waals surface area contributed by atoms with E-state index in [0.717, 1.165) is 0 Å². The zero-order valence-corrected chi connectivity index (χ0v) is 6.73. The fourth-order valence-corrected chi connectivity index (χ4v) is 1.49. The molecule has 0 fully saturated rings. The molecular formula is C9H9NO2. The van der Waals surface area contributed by atoms with Crippen LogP contribution in [0.3, 0.4) is 0 Å². The molecule has 62 valence electrons. The number of hydrogen-bond acceptors (Lipinski definition) is 2. The van der Waals surface area contributed by atoms with Gasteiger partial charge in [0.2, 0.25) is 11.5 Å². The van der Waals surface area contributed by atoms with Crippen LogP contribution in [0, 0.1) is 5.92 Å². The van der Waals surface area contributed by atoms with Crippen molar-refractivity contribution in [2.45, 2.75) is 13.2 Å². The van der Waals surface area contributed by atoms with Crippen LogP contribution in [0.15, 0.2) is 24.4 Å². The van der Waals surface area contributed by atoms with Crippen molar-refractivity contribution in [3.05, 3.63) is 30.1 Å². The molecule has 1 aliphatic rings. The highest BCUT2D eigenvalue weighted by atomic mass is 16.3. The van der Waals surface area contributed by atoms with E-state index in [2.05, 4.69) is 0 Å². The summed E-state index contributed by atoms with van der Waals surface area (Å²) in [6.07, 6.45) is 0.725. The van der Waals surface area contributed by atoms with E-state index in [1.54, 1.807) is 31.3 Å². The molecule has 0 radical (unpaired) electrons. The van der Waals surface area contributed by atoms with Gasteiger partial charge in [-0.05, 0) is 13.0 Å². The van der Waals surface area contributed by atoms with Crippen molar-refractivity contribution in [2.24, 2.45) is 5.92 Å². The molecule has 0 bridgehead atoms. The molecule has 1 aromatic heterocycles. The second-order valence-electron chi connectivity index (χ2n) is 3.04. The zero-order chi connectivity index (χ0) is 8.72. The van der Waals surface area contributed by atoms with E-state index < -0.39 is 12.1 Å². The van der Waals surface area contributed by atoms with E-state index in [4.69, 9.17) is 0 Å². The molecule has 2 unspecified atom stereocenters. The molecule has 2 heterocycles. The minimum absolute atomic E-state index is 0.0457. The molecule has 0 N–H and O–H groups in total. The number of carbonyl (C=O) groups excluding carboxylic acids is 1. The molecule has 3 nitrogen and oxygen atoms in total. The summed E-state index contributed by atoms with van der Waals surface area (Å²) in [4.78, 5) is 11.4. The Labute approximate surface area is 70.3 Å². The first-order chi connectivity index (χ1) is 5.72. The largest absolute Gasteiger partial charge is 0.797 e. The lowest BCUT2D eigenvalue weighted by molar-refractivity contribution is -0.846. The minimum atomic E-state index is -0.936. The standard InChI is InChI=1S/C9H9NO2/c1-6-8(11)7-4-2-3-5-10(7)9(6)12/h2-6,9H,1H3. The van der Waals surface area contributed by atoms with Crippen LogP contribution in [0.1, 0.15) is 23.6 Å². The summed E-state index contributed by atoms with van der Waals surface area (Å²) in [5, 5.41) is 11.4. The SMILES string of the molecule is CC1C(=O)c2cccc[n+]2C1[O-]. The van der Waals surface area contributed by atoms with Gasteiger partial charge in [-0.3, -0.25) is 4.79 Å². The van der Waals surface area contributed by atoms with Crippen molar-refractivity contribution < 1.29 is 14.5 Å². The van der Waals surface area contributed by atoms with Crippen LogP contribution < -0.4 is 9.67 Å². The van der Waals surface area contributed by atoms with Crippen molar-refractivity contribution in [3.8, 4) is 0 Å². The van der Waals surface area contributed by atoms with Crippen LogP contribution in [0.5, 0.6) is 0 Å². The average Bonchev–Trinajstić information content (AvgIpc) is 2.33. The molecule has 2 rings (SSSR count). The Morgan fingerprint density at radius 1 is 1.50 bits per heavy atom. The molecule has 0 saturated carbocycles. The van der Waals surface area contributed by atoms with Gasteiger partial charge in [0.25, 0.3) is 0 Å². The van der Waals surface area contributed by atoms with E-state index in [1.807, 2.05) is 0 Å². The molecule has 0 aliphatic carbocycles. The Kier molecular flexibility index (Phi) is 1.48. The first-order valence-corrected chi connectivity index (χ1v) is 3.92. The monoisotopic (exact) mass is 163 g/mol. The normalized spacial score (nSPS) is 27.3. The minimum Gasteiger partial charge on any atom is -0.797 e. The third-order valence-electron chi connectivity index (χ3n) is 2.26. The number of rotatable bonds is 0. The fourth-order valence-electron chi connectivity index (χ4n) is 1.49. The summed E-state index contributed by atoms with van der Waals surface area (Å²) in [6.45, 7) is 1.67. The van der Waals surface area contributed by atoms with Crippen molar-refractivity contribution in [2.75, 3.05) is 0 Å². The van der Waals surface area contributed by atoms with E-state index in [-0.39, 0.29) is 5.78 Å². The maximum Gasteiger partial charge on any atom is 0.248 e. The first kappa shape index (κ1) is 7.43.